The molecule has 0 saturated carbocycles. The van der Waals surface area contributed by atoms with Crippen molar-refractivity contribution < 1.29 is 13.9 Å². The summed E-state index contributed by atoms with van der Waals surface area (Å²) in [5.74, 6) is 0.0962. The zero-order valence-corrected chi connectivity index (χ0v) is 18.1. The molecule has 5 rings (SSSR count). The molecule has 5 nitrogen and oxygen atoms in total. The van der Waals surface area contributed by atoms with Crippen LogP contribution >= 0.6 is 0 Å². The first-order valence-corrected chi connectivity index (χ1v) is 11.1. The first-order chi connectivity index (χ1) is 16.2. The largest absolute Gasteiger partial charge is 0.489 e. The average Bonchev–Trinajstić information content (AvgIpc) is 3.22. The van der Waals surface area contributed by atoms with Gasteiger partial charge in [-0.15, -0.1) is 0 Å². The summed E-state index contributed by atoms with van der Waals surface area (Å²) >= 11 is 0. The molecule has 1 aromatic heterocycles. The molecule has 0 saturated heterocycles. The van der Waals surface area contributed by atoms with E-state index >= 15 is 0 Å². The summed E-state index contributed by atoms with van der Waals surface area (Å²) in [5.41, 5.74) is 8.22. The Morgan fingerprint density at radius 3 is 2.73 bits per heavy atom. The molecule has 4 aromatic rings. The van der Waals surface area contributed by atoms with Crippen molar-refractivity contribution in [3.63, 3.8) is 0 Å². The average molecular weight is 442 g/mol. The fraction of sp³-hybridized carbons (Fsp3) is 0.185. The standard InChI is InChI=1S/C27H24FN3O2/c28-24-7-3-1-5-20(24)17-33-21-12-9-18(10-13-21)16-29-31-27(32)19-11-14-26-23(15-19)22-6-2-4-8-25(22)30-26/h1,3,5,7,9-16,30H,2,4,6,8,17H2,(H,31,32)/b29-16+. The van der Waals surface area contributed by atoms with Crippen LogP contribution in [0.5, 0.6) is 5.75 Å². The number of rotatable bonds is 6. The highest BCUT2D eigenvalue weighted by molar-refractivity contribution is 5.99. The number of nitrogens with zero attached hydrogens (tertiary/aromatic N) is 1. The predicted octanol–water partition coefficient (Wildman–Crippen LogP) is 5.53. The molecule has 1 aliphatic carbocycles. The first-order valence-electron chi connectivity index (χ1n) is 11.1. The molecule has 1 amide bonds. The van der Waals surface area contributed by atoms with E-state index in [0.29, 0.717) is 16.9 Å². The zero-order valence-electron chi connectivity index (χ0n) is 18.1. The van der Waals surface area contributed by atoms with Gasteiger partial charge in [0.05, 0.1) is 6.21 Å². The Bertz CT molecular complexity index is 1330. The van der Waals surface area contributed by atoms with Crippen LogP contribution in [0.1, 0.15) is 45.6 Å². The van der Waals surface area contributed by atoms with Crippen molar-refractivity contribution >= 4 is 23.0 Å². The Hall–Kier alpha value is -3.93. The van der Waals surface area contributed by atoms with Crippen molar-refractivity contribution in [2.24, 2.45) is 5.10 Å². The fourth-order valence-electron chi connectivity index (χ4n) is 4.20. The van der Waals surface area contributed by atoms with Gasteiger partial charge in [0.1, 0.15) is 18.2 Å². The lowest BCUT2D eigenvalue weighted by molar-refractivity contribution is 0.0955. The topological polar surface area (TPSA) is 66.5 Å². The number of aryl methyl sites for hydroxylation is 2. The highest BCUT2D eigenvalue weighted by Gasteiger charge is 2.16. The molecule has 1 heterocycles. The maximum Gasteiger partial charge on any atom is 0.271 e. The molecule has 2 N–H and O–H groups in total. The quantitative estimate of drug-likeness (QED) is 0.305. The summed E-state index contributed by atoms with van der Waals surface area (Å²) in [6.45, 7) is 0.158. The number of aromatic amines is 1. The highest BCUT2D eigenvalue weighted by Crippen LogP contribution is 2.29. The van der Waals surface area contributed by atoms with E-state index in [-0.39, 0.29) is 18.3 Å². The van der Waals surface area contributed by atoms with Gasteiger partial charge < -0.3 is 9.72 Å². The van der Waals surface area contributed by atoms with Gasteiger partial charge in [-0.25, -0.2) is 9.82 Å². The molecule has 33 heavy (non-hydrogen) atoms. The third kappa shape index (κ3) is 4.65. The number of H-pyrrole nitrogens is 1. The smallest absolute Gasteiger partial charge is 0.271 e. The van der Waals surface area contributed by atoms with Gasteiger partial charge in [0.25, 0.3) is 5.91 Å². The molecule has 0 unspecified atom stereocenters. The second-order valence-electron chi connectivity index (χ2n) is 8.20. The number of aromatic nitrogens is 1. The Morgan fingerprint density at radius 2 is 1.88 bits per heavy atom. The van der Waals surface area contributed by atoms with Gasteiger partial charge in [0.2, 0.25) is 0 Å². The number of carbonyl (C=O) groups is 1. The number of ether oxygens (including phenoxy) is 1. The highest BCUT2D eigenvalue weighted by atomic mass is 19.1. The number of carbonyl (C=O) groups excluding carboxylic acids is 1. The van der Waals surface area contributed by atoms with Crippen LogP contribution in [0.25, 0.3) is 10.9 Å². The monoisotopic (exact) mass is 441 g/mol. The van der Waals surface area contributed by atoms with E-state index < -0.39 is 0 Å². The van der Waals surface area contributed by atoms with Crippen molar-refractivity contribution in [2.45, 2.75) is 32.3 Å². The number of amides is 1. The van der Waals surface area contributed by atoms with Crippen LogP contribution in [0.3, 0.4) is 0 Å². The Balaban J connectivity index is 1.19. The van der Waals surface area contributed by atoms with Gasteiger partial charge >= 0.3 is 0 Å². The number of hydrogen-bond acceptors (Lipinski definition) is 3. The minimum atomic E-state index is -0.285. The molecule has 166 valence electrons. The number of halogens is 1. The lowest BCUT2D eigenvalue weighted by Crippen LogP contribution is -2.17. The Labute approximate surface area is 191 Å². The van der Waals surface area contributed by atoms with Crippen molar-refractivity contribution in [1.29, 1.82) is 0 Å². The summed E-state index contributed by atoms with van der Waals surface area (Å²) in [6.07, 6.45) is 6.10. The Morgan fingerprint density at radius 1 is 1.06 bits per heavy atom. The van der Waals surface area contributed by atoms with Crippen molar-refractivity contribution in [3.8, 4) is 5.75 Å². The zero-order chi connectivity index (χ0) is 22.6. The number of nitrogens with one attached hydrogen (secondary N) is 2. The summed E-state index contributed by atoms with van der Waals surface area (Å²) in [7, 11) is 0. The number of benzene rings is 3. The molecule has 0 bridgehead atoms. The third-order valence-corrected chi connectivity index (χ3v) is 5.97. The number of hydrogen-bond donors (Lipinski definition) is 2. The second kappa shape index (κ2) is 9.28. The molecule has 0 spiro atoms. The lowest BCUT2D eigenvalue weighted by atomic mass is 9.95. The molecule has 0 aliphatic heterocycles. The molecule has 1 aliphatic rings. The SMILES string of the molecule is O=C(N/N=C/c1ccc(OCc2ccccc2F)cc1)c1ccc2[nH]c3c(c2c1)CCCC3. The van der Waals surface area contributed by atoms with Crippen LogP contribution in [-0.2, 0) is 19.4 Å². The van der Waals surface area contributed by atoms with Gasteiger partial charge in [-0.1, -0.05) is 18.2 Å². The van der Waals surface area contributed by atoms with Crippen LogP contribution in [0.4, 0.5) is 4.39 Å². The van der Waals surface area contributed by atoms with Gasteiger partial charge in [-0.2, -0.15) is 5.10 Å². The van der Waals surface area contributed by atoms with E-state index in [1.807, 2.05) is 30.3 Å². The summed E-state index contributed by atoms with van der Waals surface area (Å²) in [4.78, 5) is 16.1. The van der Waals surface area contributed by atoms with E-state index in [2.05, 4.69) is 15.5 Å². The first kappa shape index (κ1) is 20.9. The molecule has 6 heteroatoms. The van der Waals surface area contributed by atoms with Gasteiger partial charge in [0, 0.05) is 27.7 Å². The predicted molar refractivity (Wildman–Crippen MR) is 127 cm³/mol. The summed E-state index contributed by atoms with van der Waals surface area (Å²) in [5, 5.41) is 5.22. The van der Waals surface area contributed by atoms with Gasteiger partial charge in [-0.3, -0.25) is 4.79 Å². The molecule has 3 aromatic carbocycles. The minimum absolute atomic E-state index is 0.158. The van der Waals surface area contributed by atoms with Crippen LogP contribution in [-0.4, -0.2) is 17.1 Å². The van der Waals surface area contributed by atoms with Crippen LogP contribution in [0, 0.1) is 5.82 Å². The van der Waals surface area contributed by atoms with Crippen molar-refractivity contribution in [1.82, 2.24) is 10.4 Å². The van der Waals surface area contributed by atoms with Gasteiger partial charge in [-0.05, 0) is 85.3 Å². The molecule has 0 atom stereocenters. The van der Waals surface area contributed by atoms with E-state index in [9.17, 15) is 9.18 Å². The fourth-order valence-corrected chi connectivity index (χ4v) is 4.20. The van der Waals surface area contributed by atoms with E-state index in [1.54, 1.807) is 36.5 Å². The van der Waals surface area contributed by atoms with Crippen molar-refractivity contribution in [2.75, 3.05) is 0 Å². The minimum Gasteiger partial charge on any atom is -0.489 e. The van der Waals surface area contributed by atoms with Crippen LogP contribution in [0.15, 0.2) is 71.8 Å². The summed E-state index contributed by atoms with van der Waals surface area (Å²) in [6, 6.07) is 19.5. The maximum absolute atomic E-state index is 13.7. The lowest BCUT2D eigenvalue weighted by Gasteiger charge is -2.10. The van der Waals surface area contributed by atoms with Crippen molar-refractivity contribution in [3.05, 3.63) is 100 Å². The number of hydrazone groups is 1. The van der Waals surface area contributed by atoms with Crippen LogP contribution < -0.4 is 10.2 Å². The maximum atomic E-state index is 13.7. The van der Waals surface area contributed by atoms with Crippen LogP contribution in [0.2, 0.25) is 0 Å². The second-order valence-corrected chi connectivity index (χ2v) is 8.20. The molecular weight excluding hydrogens is 417 g/mol. The molecule has 0 fully saturated rings. The number of fused-ring (bicyclic) bond motifs is 3. The molecular formula is C27H24FN3O2. The van der Waals surface area contributed by atoms with E-state index in [4.69, 9.17) is 4.74 Å². The molecule has 0 radical (unpaired) electrons. The van der Waals surface area contributed by atoms with E-state index in [0.717, 1.165) is 29.3 Å². The third-order valence-electron chi connectivity index (χ3n) is 5.97. The normalized spacial score (nSPS) is 13.2. The summed E-state index contributed by atoms with van der Waals surface area (Å²) < 4.78 is 19.3. The Kier molecular flexibility index (Phi) is 5.89. The van der Waals surface area contributed by atoms with Gasteiger partial charge in [0.15, 0.2) is 0 Å². The van der Waals surface area contributed by atoms with E-state index in [1.165, 1.54) is 30.2 Å².